The fourth-order valence-electron chi connectivity index (χ4n) is 5.69. The second-order valence-corrected chi connectivity index (χ2v) is 13.7. The number of esters is 1. The molecule has 306 valence electrons. The van der Waals surface area contributed by atoms with Gasteiger partial charge in [-0.15, -0.1) is 0 Å². The molecule has 0 unspecified atom stereocenters. The third-order valence-corrected chi connectivity index (χ3v) is 8.85. The lowest BCUT2D eigenvalue weighted by Gasteiger charge is -2.09. The second kappa shape index (κ2) is 47.2. The zero-order chi connectivity index (χ0) is 36.8. The van der Waals surface area contributed by atoms with Gasteiger partial charge in [0.05, 0.1) is 85.9 Å². The lowest BCUT2D eigenvalue weighted by molar-refractivity contribution is -0.145. The highest BCUT2D eigenvalue weighted by Crippen LogP contribution is 2.14. The molecule has 0 aromatic carbocycles. The van der Waals surface area contributed by atoms with E-state index in [1.807, 2.05) is 0 Å². The minimum absolute atomic E-state index is 0.121. The van der Waals surface area contributed by atoms with Gasteiger partial charge < -0.3 is 37.9 Å². The van der Waals surface area contributed by atoms with Crippen molar-refractivity contribution >= 4 is 5.97 Å². The van der Waals surface area contributed by atoms with Gasteiger partial charge in [-0.05, 0) is 12.8 Å². The first-order chi connectivity index (χ1) is 25.3. The maximum absolute atomic E-state index is 11.9. The fraction of sp³-hybridized carbons (Fsp3) is 0.976. The number of hydrogen-bond donors (Lipinski definition) is 0. The highest BCUT2D eigenvalue weighted by Gasteiger charge is 2.03. The minimum atomic E-state index is -0.121. The molecule has 0 radical (unpaired) electrons. The Balaban J connectivity index is 3.13. The van der Waals surface area contributed by atoms with Gasteiger partial charge in [-0.3, -0.25) is 4.79 Å². The molecule has 0 heterocycles. The summed E-state index contributed by atoms with van der Waals surface area (Å²) < 4.78 is 44.0. The Morgan fingerprint density at radius 1 is 0.275 bits per heavy atom. The number of carbonyl (C=O) groups excluding carboxylic acids is 1. The zero-order valence-electron chi connectivity index (χ0n) is 33.8. The van der Waals surface area contributed by atoms with Crippen molar-refractivity contribution in [3.05, 3.63) is 0 Å². The molecule has 9 nitrogen and oxygen atoms in total. The molecule has 0 aromatic rings. The molecule has 0 aliphatic carbocycles. The average molecular weight is 733 g/mol. The van der Waals surface area contributed by atoms with Crippen LogP contribution in [0.1, 0.15) is 168 Å². The summed E-state index contributed by atoms with van der Waals surface area (Å²) in [4.78, 5) is 11.9. The number of unbranched alkanes of at least 4 members (excludes halogenated alkanes) is 21. The van der Waals surface area contributed by atoms with Crippen LogP contribution >= 0.6 is 0 Å². The van der Waals surface area contributed by atoms with E-state index in [0.717, 1.165) is 25.9 Å². The number of rotatable bonds is 46. The molecule has 0 N–H and O–H groups in total. The largest absolute Gasteiger partial charge is 0.463 e. The van der Waals surface area contributed by atoms with Gasteiger partial charge in [0, 0.05) is 13.0 Å². The lowest BCUT2D eigenvalue weighted by atomic mass is 10.0. The summed E-state index contributed by atoms with van der Waals surface area (Å²) in [5.41, 5.74) is 0. The Kier molecular flexibility index (Phi) is 46.5. The summed E-state index contributed by atoms with van der Waals surface area (Å²) in [7, 11) is 0. The maximum Gasteiger partial charge on any atom is 0.305 e. The summed E-state index contributed by atoms with van der Waals surface area (Å²) in [5.74, 6) is -0.121. The van der Waals surface area contributed by atoms with Crippen molar-refractivity contribution in [1.82, 2.24) is 0 Å². The summed E-state index contributed by atoms with van der Waals surface area (Å²) in [5, 5.41) is 0. The highest BCUT2D eigenvalue weighted by molar-refractivity contribution is 5.69. The van der Waals surface area contributed by atoms with Gasteiger partial charge in [0.25, 0.3) is 0 Å². The molecule has 9 heteroatoms. The summed E-state index contributed by atoms with van der Waals surface area (Å²) in [6, 6.07) is 0. The molecule has 0 fully saturated rings. The Bertz CT molecular complexity index is 637. The van der Waals surface area contributed by atoms with E-state index < -0.39 is 0 Å². The quantitative estimate of drug-likeness (QED) is 0.0448. The van der Waals surface area contributed by atoms with E-state index in [1.165, 1.54) is 128 Å². The molecule has 0 spiro atoms. The molecule has 51 heavy (non-hydrogen) atoms. The standard InChI is InChI=1S/C42H84O9/c1-3-5-7-9-11-13-14-15-16-17-18-19-20-22-24-26-42(43)51-41-40-50-39-38-49-37-36-48-35-34-47-33-32-46-31-30-45-29-28-44-27-25-23-21-12-10-8-6-4-2/h3-41H2,1-2H3. The van der Waals surface area contributed by atoms with Crippen LogP contribution in [0.25, 0.3) is 0 Å². The molecule has 0 aliphatic heterocycles. The van der Waals surface area contributed by atoms with Crippen molar-refractivity contribution in [3.63, 3.8) is 0 Å². The molecule has 0 saturated carbocycles. The first kappa shape index (κ1) is 50.2. The van der Waals surface area contributed by atoms with E-state index in [1.54, 1.807) is 0 Å². The smallest absolute Gasteiger partial charge is 0.305 e. The summed E-state index contributed by atoms with van der Waals surface area (Å²) in [6.07, 6.45) is 30.9. The third-order valence-electron chi connectivity index (χ3n) is 8.85. The van der Waals surface area contributed by atoms with Crippen LogP contribution in [-0.4, -0.2) is 105 Å². The molecule has 0 atom stereocenters. The van der Waals surface area contributed by atoms with Gasteiger partial charge in [0.15, 0.2) is 0 Å². The van der Waals surface area contributed by atoms with E-state index in [2.05, 4.69) is 13.8 Å². The van der Waals surface area contributed by atoms with Crippen LogP contribution in [0.2, 0.25) is 0 Å². The van der Waals surface area contributed by atoms with Crippen LogP contribution in [-0.2, 0) is 42.7 Å². The van der Waals surface area contributed by atoms with Crippen LogP contribution < -0.4 is 0 Å². The zero-order valence-corrected chi connectivity index (χ0v) is 33.8. The summed E-state index contributed by atoms with van der Waals surface area (Å²) in [6.45, 7) is 12.6. The highest BCUT2D eigenvalue weighted by atomic mass is 16.6. The number of hydrogen-bond acceptors (Lipinski definition) is 9. The van der Waals surface area contributed by atoms with Crippen LogP contribution in [0.4, 0.5) is 0 Å². The van der Waals surface area contributed by atoms with Crippen molar-refractivity contribution < 1.29 is 42.7 Å². The SMILES string of the molecule is CCCCCCCCCCCCCCCCCC(=O)OCCOCCOCCOCCOCCOCCOCCOCCCCCCCCCC. The van der Waals surface area contributed by atoms with Crippen LogP contribution in [0.3, 0.4) is 0 Å². The predicted octanol–water partition coefficient (Wildman–Crippen LogP) is 10.0. The van der Waals surface area contributed by atoms with Crippen molar-refractivity contribution in [1.29, 1.82) is 0 Å². The Morgan fingerprint density at radius 2 is 0.510 bits per heavy atom. The van der Waals surface area contributed by atoms with Crippen LogP contribution in [0.5, 0.6) is 0 Å². The van der Waals surface area contributed by atoms with Crippen molar-refractivity contribution in [2.75, 3.05) is 99.1 Å². The first-order valence-electron chi connectivity index (χ1n) is 21.5. The molecule has 0 aliphatic rings. The normalized spacial score (nSPS) is 11.5. The van der Waals surface area contributed by atoms with E-state index in [-0.39, 0.29) is 5.97 Å². The molecular weight excluding hydrogens is 648 g/mol. The van der Waals surface area contributed by atoms with Gasteiger partial charge in [-0.25, -0.2) is 0 Å². The Labute approximate surface area is 315 Å². The Hall–Kier alpha value is -0.810. The molecule has 0 aromatic heterocycles. The molecule has 0 rings (SSSR count). The molecule has 0 saturated heterocycles. The minimum Gasteiger partial charge on any atom is -0.463 e. The van der Waals surface area contributed by atoms with Crippen molar-refractivity contribution in [2.24, 2.45) is 0 Å². The number of carbonyl (C=O) groups is 1. The van der Waals surface area contributed by atoms with Crippen molar-refractivity contribution in [3.8, 4) is 0 Å². The predicted molar refractivity (Wildman–Crippen MR) is 209 cm³/mol. The molecule has 0 bridgehead atoms. The molecular formula is C42H84O9. The van der Waals surface area contributed by atoms with Gasteiger partial charge in [0.2, 0.25) is 0 Å². The monoisotopic (exact) mass is 733 g/mol. The van der Waals surface area contributed by atoms with Gasteiger partial charge in [-0.2, -0.15) is 0 Å². The fourth-order valence-corrected chi connectivity index (χ4v) is 5.69. The van der Waals surface area contributed by atoms with Crippen molar-refractivity contribution in [2.45, 2.75) is 168 Å². The topological polar surface area (TPSA) is 90.9 Å². The van der Waals surface area contributed by atoms with Crippen LogP contribution in [0.15, 0.2) is 0 Å². The Morgan fingerprint density at radius 3 is 0.824 bits per heavy atom. The van der Waals surface area contributed by atoms with Gasteiger partial charge >= 0.3 is 5.97 Å². The second-order valence-electron chi connectivity index (χ2n) is 13.7. The average Bonchev–Trinajstić information content (AvgIpc) is 3.14. The van der Waals surface area contributed by atoms with E-state index in [0.29, 0.717) is 98.9 Å². The third kappa shape index (κ3) is 47.2. The van der Waals surface area contributed by atoms with E-state index in [4.69, 9.17) is 37.9 Å². The van der Waals surface area contributed by atoms with E-state index in [9.17, 15) is 4.79 Å². The van der Waals surface area contributed by atoms with Gasteiger partial charge in [0.1, 0.15) is 6.61 Å². The summed E-state index contributed by atoms with van der Waals surface area (Å²) >= 11 is 0. The molecule has 0 amide bonds. The van der Waals surface area contributed by atoms with Gasteiger partial charge in [-0.1, -0.05) is 149 Å². The van der Waals surface area contributed by atoms with E-state index >= 15 is 0 Å². The number of ether oxygens (including phenoxy) is 8. The maximum atomic E-state index is 11.9. The lowest BCUT2D eigenvalue weighted by Crippen LogP contribution is -2.15. The first-order valence-corrected chi connectivity index (χ1v) is 21.5. The van der Waals surface area contributed by atoms with Crippen LogP contribution in [0, 0.1) is 0 Å².